The van der Waals surface area contributed by atoms with Crippen molar-refractivity contribution in [1.29, 1.82) is 0 Å². The van der Waals surface area contributed by atoms with Gasteiger partial charge in [-0.25, -0.2) is 4.98 Å². The van der Waals surface area contributed by atoms with Crippen LogP contribution in [0.1, 0.15) is 35.1 Å². The molecule has 0 bridgehead atoms. The van der Waals surface area contributed by atoms with Gasteiger partial charge in [0, 0.05) is 19.2 Å². The summed E-state index contributed by atoms with van der Waals surface area (Å²) < 4.78 is 9.99. The van der Waals surface area contributed by atoms with E-state index in [9.17, 15) is 9.59 Å². The molecule has 2 aromatic heterocycles. The van der Waals surface area contributed by atoms with E-state index < -0.39 is 0 Å². The predicted molar refractivity (Wildman–Crippen MR) is 107 cm³/mol. The molecule has 7 nitrogen and oxygen atoms in total. The van der Waals surface area contributed by atoms with E-state index in [0.717, 1.165) is 35.6 Å². The molecular weight excluding hydrogens is 374 g/mol. The minimum absolute atomic E-state index is 0.0696. The molecule has 0 radical (unpaired) electrons. The maximum absolute atomic E-state index is 13.2. The van der Waals surface area contributed by atoms with Crippen molar-refractivity contribution in [3.63, 3.8) is 0 Å². The zero-order valence-electron chi connectivity index (χ0n) is 15.2. The Hall–Kier alpha value is -3.13. The van der Waals surface area contributed by atoms with Gasteiger partial charge in [-0.15, -0.1) is 0 Å². The summed E-state index contributed by atoms with van der Waals surface area (Å²) in [5.41, 5.74) is 2.67. The molecule has 0 aliphatic carbocycles. The summed E-state index contributed by atoms with van der Waals surface area (Å²) in [7, 11) is 1.73. The van der Waals surface area contributed by atoms with Gasteiger partial charge in [-0.2, -0.15) is 8.75 Å². The highest BCUT2D eigenvalue weighted by Crippen LogP contribution is 2.32. The summed E-state index contributed by atoms with van der Waals surface area (Å²) >= 11 is 1.13. The van der Waals surface area contributed by atoms with Crippen molar-refractivity contribution in [2.75, 3.05) is 6.54 Å². The third-order valence-corrected chi connectivity index (χ3v) is 5.89. The fourth-order valence-electron chi connectivity index (χ4n) is 3.89. The monoisotopic (exact) mass is 391 g/mol. The van der Waals surface area contributed by atoms with E-state index in [-0.39, 0.29) is 17.5 Å². The Morgan fingerprint density at radius 1 is 1.11 bits per heavy atom. The molecule has 28 heavy (non-hydrogen) atoms. The second-order valence-corrected chi connectivity index (χ2v) is 7.50. The van der Waals surface area contributed by atoms with Crippen molar-refractivity contribution < 1.29 is 4.79 Å². The minimum atomic E-state index is -0.223. The van der Waals surface area contributed by atoms with Crippen LogP contribution in [0.25, 0.3) is 21.9 Å². The average molecular weight is 391 g/mol. The van der Waals surface area contributed by atoms with E-state index in [1.54, 1.807) is 29.8 Å². The van der Waals surface area contributed by atoms with Crippen LogP contribution in [0.4, 0.5) is 0 Å². The van der Waals surface area contributed by atoms with Crippen LogP contribution < -0.4 is 5.56 Å². The first-order valence-electron chi connectivity index (χ1n) is 9.12. The summed E-state index contributed by atoms with van der Waals surface area (Å²) in [5.74, 6) is 0.561. The molecule has 2 aromatic carbocycles. The second kappa shape index (κ2) is 6.49. The lowest BCUT2D eigenvalue weighted by Crippen LogP contribution is -2.34. The lowest BCUT2D eigenvalue weighted by atomic mass is 10.1. The van der Waals surface area contributed by atoms with Gasteiger partial charge in [0.25, 0.3) is 11.5 Å². The van der Waals surface area contributed by atoms with Crippen LogP contribution in [-0.4, -0.2) is 35.7 Å². The summed E-state index contributed by atoms with van der Waals surface area (Å²) in [4.78, 5) is 32.5. The van der Waals surface area contributed by atoms with Gasteiger partial charge in [-0.05, 0) is 43.2 Å². The van der Waals surface area contributed by atoms with Gasteiger partial charge >= 0.3 is 0 Å². The molecule has 1 unspecified atom stereocenters. The number of para-hydroxylation sites is 1. The standard InChI is InChI=1S/C20H17N5O2S/c1-24-18(21-14-6-3-2-5-13(14)20(24)27)17-7-4-10-25(17)19(26)12-8-9-15-16(11-12)23-28-22-15/h2-3,5-6,8-9,11,17H,4,7,10H2,1H3. The van der Waals surface area contributed by atoms with E-state index in [0.29, 0.717) is 28.8 Å². The fraction of sp³-hybridized carbons (Fsp3) is 0.250. The molecule has 140 valence electrons. The lowest BCUT2D eigenvalue weighted by Gasteiger charge is -2.26. The van der Waals surface area contributed by atoms with Crippen molar-refractivity contribution in [3.8, 4) is 0 Å². The first kappa shape index (κ1) is 17.0. The Labute approximate surface area is 164 Å². The molecule has 1 aliphatic heterocycles. The highest BCUT2D eigenvalue weighted by atomic mass is 32.1. The van der Waals surface area contributed by atoms with Crippen LogP contribution >= 0.6 is 11.7 Å². The molecule has 1 saturated heterocycles. The zero-order chi connectivity index (χ0) is 19.3. The van der Waals surface area contributed by atoms with Crippen LogP contribution in [0, 0.1) is 0 Å². The first-order valence-corrected chi connectivity index (χ1v) is 9.85. The number of nitrogens with zero attached hydrogens (tertiary/aromatic N) is 5. The van der Waals surface area contributed by atoms with E-state index >= 15 is 0 Å². The van der Waals surface area contributed by atoms with Gasteiger partial charge in [0.1, 0.15) is 16.9 Å². The Bertz CT molecular complexity index is 1280. The van der Waals surface area contributed by atoms with E-state index in [4.69, 9.17) is 4.98 Å². The van der Waals surface area contributed by atoms with Crippen LogP contribution in [0.2, 0.25) is 0 Å². The van der Waals surface area contributed by atoms with Crippen molar-refractivity contribution in [2.45, 2.75) is 18.9 Å². The number of rotatable bonds is 2. The molecule has 1 fully saturated rings. The minimum Gasteiger partial charge on any atom is -0.328 e. The van der Waals surface area contributed by atoms with Gasteiger partial charge in [0.2, 0.25) is 0 Å². The Balaban J connectivity index is 1.57. The van der Waals surface area contributed by atoms with Gasteiger partial charge in [-0.1, -0.05) is 12.1 Å². The molecule has 3 heterocycles. The number of hydrogen-bond donors (Lipinski definition) is 0. The summed E-state index contributed by atoms with van der Waals surface area (Å²) in [6, 6.07) is 12.5. The molecule has 1 aliphatic rings. The number of carbonyl (C=O) groups excluding carboxylic acids is 1. The molecule has 0 N–H and O–H groups in total. The maximum atomic E-state index is 13.2. The zero-order valence-corrected chi connectivity index (χ0v) is 16.0. The number of aromatic nitrogens is 4. The summed E-state index contributed by atoms with van der Waals surface area (Å²) in [6.07, 6.45) is 1.66. The molecule has 8 heteroatoms. The fourth-order valence-corrected chi connectivity index (χ4v) is 4.41. The summed E-state index contributed by atoms with van der Waals surface area (Å²) in [6.45, 7) is 0.638. The molecule has 1 atom stereocenters. The average Bonchev–Trinajstić information content (AvgIpc) is 3.39. The second-order valence-electron chi connectivity index (χ2n) is 6.98. The van der Waals surface area contributed by atoms with Crippen molar-refractivity contribution in [3.05, 3.63) is 64.2 Å². The number of fused-ring (bicyclic) bond motifs is 2. The third kappa shape index (κ3) is 2.60. The van der Waals surface area contributed by atoms with Crippen LogP contribution in [0.5, 0.6) is 0 Å². The largest absolute Gasteiger partial charge is 0.328 e. The van der Waals surface area contributed by atoms with Crippen molar-refractivity contribution >= 4 is 39.6 Å². The smallest absolute Gasteiger partial charge is 0.261 e. The Morgan fingerprint density at radius 2 is 1.93 bits per heavy atom. The molecule has 4 aromatic rings. The van der Waals surface area contributed by atoms with Gasteiger partial charge < -0.3 is 4.90 Å². The molecular formula is C20H17N5O2S. The van der Waals surface area contributed by atoms with E-state index in [2.05, 4.69) is 8.75 Å². The van der Waals surface area contributed by atoms with Gasteiger partial charge in [0.05, 0.1) is 28.7 Å². The number of benzene rings is 2. The highest BCUT2D eigenvalue weighted by Gasteiger charge is 2.33. The highest BCUT2D eigenvalue weighted by molar-refractivity contribution is 7.00. The maximum Gasteiger partial charge on any atom is 0.261 e. The van der Waals surface area contributed by atoms with E-state index in [1.165, 1.54) is 0 Å². The number of carbonyl (C=O) groups is 1. The number of hydrogen-bond acceptors (Lipinski definition) is 6. The molecule has 5 rings (SSSR count). The van der Waals surface area contributed by atoms with Crippen LogP contribution in [0.15, 0.2) is 47.3 Å². The normalized spacial score (nSPS) is 16.9. The van der Waals surface area contributed by atoms with Gasteiger partial charge in [0.15, 0.2) is 0 Å². The Morgan fingerprint density at radius 3 is 2.82 bits per heavy atom. The third-order valence-electron chi connectivity index (χ3n) is 5.33. The number of likely N-dealkylation sites (tertiary alicyclic amines) is 1. The predicted octanol–water partition coefficient (Wildman–Crippen LogP) is 2.92. The van der Waals surface area contributed by atoms with Crippen molar-refractivity contribution in [2.24, 2.45) is 7.05 Å². The van der Waals surface area contributed by atoms with Crippen LogP contribution in [0.3, 0.4) is 0 Å². The topological polar surface area (TPSA) is 81.0 Å². The van der Waals surface area contributed by atoms with Gasteiger partial charge in [-0.3, -0.25) is 14.2 Å². The first-order chi connectivity index (χ1) is 13.6. The van der Waals surface area contributed by atoms with Crippen molar-refractivity contribution in [1.82, 2.24) is 23.2 Å². The number of amides is 1. The molecule has 1 amide bonds. The summed E-state index contributed by atoms with van der Waals surface area (Å²) in [5, 5.41) is 0.589. The molecule has 0 saturated carbocycles. The van der Waals surface area contributed by atoms with E-state index in [1.807, 2.05) is 29.2 Å². The lowest BCUT2D eigenvalue weighted by molar-refractivity contribution is 0.0727. The Kier molecular flexibility index (Phi) is 3.94. The molecule has 0 spiro atoms. The SMILES string of the molecule is Cn1c(C2CCCN2C(=O)c2ccc3nsnc3c2)nc2ccccc2c1=O. The quantitative estimate of drug-likeness (QED) is 0.525. The van der Waals surface area contributed by atoms with Crippen LogP contribution in [-0.2, 0) is 7.05 Å².